The second-order valence-corrected chi connectivity index (χ2v) is 6.75. The van der Waals surface area contributed by atoms with E-state index in [9.17, 15) is 4.79 Å². The van der Waals surface area contributed by atoms with Crippen molar-refractivity contribution < 1.29 is 9.53 Å². The molecule has 2 aromatic carbocycles. The molecule has 3 N–H and O–H groups in total. The minimum absolute atomic E-state index is 0.0579. The lowest BCUT2D eigenvalue weighted by Crippen LogP contribution is -2.26. The predicted molar refractivity (Wildman–Crippen MR) is 113 cm³/mol. The summed E-state index contributed by atoms with van der Waals surface area (Å²) in [4.78, 5) is 16.2. The van der Waals surface area contributed by atoms with Gasteiger partial charge in [0.15, 0.2) is 0 Å². The number of alkyl carbamates (subject to hydrolysis) is 1. The summed E-state index contributed by atoms with van der Waals surface area (Å²) in [6.07, 6.45) is 0.0662. The van der Waals surface area contributed by atoms with Crippen LogP contribution in [0.4, 0.5) is 10.6 Å². The molecule has 1 aliphatic rings. The number of rotatable bonds is 4. The maximum atomic E-state index is 12.1. The molecule has 5 heteroatoms. The molecule has 0 spiro atoms. The Labute approximate surface area is 169 Å². The van der Waals surface area contributed by atoms with E-state index in [-0.39, 0.29) is 5.92 Å². The van der Waals surface area contributed by atoms with Crippen molar-refractivity contribution in [2.45, 2.75) is 12.3 Å². The number of hydrogen-bond acceptors (Lipinski definition) is 4. The zero-order valence-corrected chi connectivity index (χ0v) is 15.9. The van der Waals surface area contributed by atoms with Gasteiger partial charge in [0.05, 0.1) is 0 Å². The predicted octanol–water partition coefficient (Wildman–Crippen LogP) is 3.94. The number of hydrogen-bond donors (Lipinski definition) is 2. The normalized spacial score (nSPS) is 11.7. The van der Waals surface area contributed by atoms with Crippen LogP contribution in [0.1, 0.15) is 29.2 Å². The fourth-order valence-electron chi connectivity index (χ4n) is 3.55. The van der Waals surface area contributed by atoms with Crippen LogP contribution < -0.4 is 11.1 Å². The van der Waals surface area contributed by atoms with Crippen LogP contribution in [0.15, 0.2) is 66.7 Å². The van der Waals surface area contributed by atoms with E-state index in [2.05, 4.69) is 46.4 Å². The van der Waals surface area contributed by atoms with Crippen LogP contribution in [-0.4, -0.2) is 24.2 Å². The zero-order chi connectivity index (χ0) is 20.1. The third kappa shape index (κ3) is 4.22. The standard InChI is InChI=1S/C24H21N3O2/c25-23-14-7-9-17(27-23)8-5-6-15-26-24(28)29-16-22-20-12-3-1-10-18(20)19-11-2-4-13-21(19)22/h1-4,7,9-14,22H,6,15-16H2,(H2,25,27)(H,26,28). The average Bonchev–Trinajstić information content (AvgIpc) is 3.06. The van der Waals surface area contributed by atoms with Crippen LogP contribution >= 0.6 is 0 Å². The van der Waals surface area contributed by atoms with Crippen molar-refractivity contribution in [1.82, 2.24) is 10.3 Å². The van der Waals surface area contributed by atoms with Crippen molar-refractivity contribution in [3.05, 3.63) is 83.6 Å². The molecule has 0 unspecified atom stereocenters. The van der Waals surface area contributed by atoms with Crippen molar-refractivity contribution >= 4 is 11.9 Å². The highest BCUT2D eigenvalue weighted by Crippen LogP contribution is 2.44. The molecule has 1 aliphatic carbocycles. The maximum absolute atomic E-state index is 12.1. The van der Waals surface area contributed by atoms with Crippen LogP contribution in [0, 0.1) is 11.8 Å². The molecule has 144 valence electrons. The van der Waals surface area contributed by atoms with Gasteiger partial charge in [-0.1, -0.05) is 60.5 Å². The molecule has 0 radical (unpaired) electrons. The number of anilines is 1. The van der Waals surface area contributed by atoms with Crippen LogP contribution in [0.25, 0.3) is 11.1 Å². The number of nitrogens with zero attached hydrogens (tertiary/aromatic N) is 1. The number of nitrogens with two attached hydrogens (primary N) is 1. The molecular weight excluding hydrogens is 362 g/mol. The number of ether oxygens (including phenoxy) is 1. The zero-order valence-electron chi connectivity index (χ0n) is 15.9. The van der Waals surface area contributed by atoms with Gasteiger partial charge in [0.25, 0.3) is 0 Å². The number of carbonyl (C=O) groups is 1. The highest BCUT2D eigenvalue weighted by molar-refractivity contribution is 5.79. The SMILES string of the molecule is Nc1cccc(C#CCCNC(=O)OCC2c3ccccc3-c3ccccc32)n1. The largest absolute Gasteiger partial charge is 0.449 e. The van der Waals surface area contributed by atoms with Gasteiger partial charge < -0.3 is 15.8 Å². The Kier molecular flexibility index (Phi) is 5.44. The van der Waals surface area contributed by atoms with Gasteiger partial charge in [-0.15, -0.1) is 0 Å². The van der Waals surface area contributed by atoms with E-state index in [1.165, 1.54) is 22.3 Å². The molecule has 0 saturated heterocycles. The summed E-state index contributed by atoms with van der Waals surface area (Å²) in [6, 6.07) is 21.8. The molecule has 0 fully saturated rings. The first-order valence-corrected chi connectivity index (χ1v) is 9.52. The van der Waals surface area contributed by atoms with Gasteiger partial charge in [-0.2, -0.15) is 0 Å². The van der Waals surface area contributed by atoms with Crippen molar-refractivity contribution in [2.75, 3.05) is 18.9 Å². The highest BCUT2D eigenvalue weighted by atomic mass is 16.5. The van der Waals surface area contributed by atoms with Crippen LogP contribution in [-0.2, 0) is 4.74 Å². The third-order valence-corrected chi connectivity index (χ3v) is 4.85. The Morgan fingerprint density at radius 3 is 2.38 bits per heavy atom. The smallest absolute Gasteiger partial charge is 0.407 e. The lowest BCUT2D eigenvalue weighted by atomic mass is 9.98. The summed E-state index contributed by atoms with van der Waals surface area (Å²) in [5.41, 5.74) is 11.1. The summed E-state index contributed by atoms with van der Waals surface area (Å²) >= 11 is 0. The quantitative estimate of drug-likeness (QED) is 0.528. The molecular formula is C24H21N3O2. The van der Waals surface area contributed by atoms with E-state index >= 15 is 0 Å². The van der Waals surface area contributed by atoms with Gasteiger partial charge in [0, 0.05) is 18.9 Å². The molecule has 5 nitrogen and oxygen atoms in total. The summed E-state index contributed by atoms with van der Waals surface area (Å²) in [6.45, 7) is 0.713. The Morgan fingerprint density at radius 2 is 1.69 bits per heavy atom. The lowest BCUT2D eigenvalue weighted by Gasteiger charge is -2.14. The second kappa shape index (κ2) is 8.49. The van der Waals surface area contributed by atoms with Gasteiger partial charge in [0.1, 0.15) is 18.1 Å². The maximum Gasteiger partial charge on any atom is 0.407 e. The second-order valence-electron chi connectivity index (χ2n) is 6.75. The Hall–Kier alpha value is -3.78. The van der Waals surface area contributed by atoms with Crippen molar-refractivity contribution in [2.24, 2.45) is 0 Å². The summed E-state index contributed by atoms with van der Waals surface area (Å²) in [5, 5.41) is 2.74. The molecule has 4 rings (SSSR count). The van der Waals surface area contributed by atoms with Gasteiger partial charge in [-0.05, 0) is 40.3 Å². The molecule has 29 heavy (non-hydrogen) atoms. The molecule has 3 aromatic rings. The monoisotopic (exact) mass is 383 g/mol. The first-order chi connectivity index (χ1) is 14.2. The molecule has 0 aliphatic heterocycles. The van der Waals surface area contributed by atoms with Gasteiger partial charge >= 0.3 is 6.09 Å². The number of pyridine rings is 1. The number of amides is 1. The first-order valence-electron chi connectivity index (χ1n) is 9.52. The van der Waals surface area contributed by atoms with E-state index in [0.29, 0.717) is 31.1 Å². The molecule has 1 aromatic heterocycles. The highest BCUT2D eigenvalue weighted by Gasteiger charge is 2.28. The number of aromatic nitrogens is 1. The lowest BCUT2D eigenvalue weighted by molar-refractivity contribution is 0.143. The fourth-order valence-corrected chi connectivity index (χ4v) is 3.55. The van der Waals surface area contributed by atoms with Crippen molar-refractivity contribution in [3.8, 4) is 23.0 Å². The van der Waals surface area contributed by atoms with Crippen LogP contribution in [0.2, 0.25) is 0 Å². The third-order valence-electron chi connectivity index (χ3n) is 4.85. The molecule has 1 amide bonds. The summed E-state index contributed by atoms with van der Waals surface area (Å²) in [7, 11) is 0. The Bertz CT molecular complexity index is 1050. The number of nitrogen functional groups attached to an aromatic ring is 1. The van der Waals surface area contributed by atoms with Gasteiger partial charge in [-0.25, -0.2) is 9.78 Å². The minimum Gasteiger partial charge on any atom is -0.449 e. The number of carbonyl (C=O) groups excluding carboxylic acids is 1. The molecule has 0 bridgehead atoms. The Balaban J connectivity index is 1.29. The molecule has 0 atom stereocenters. The number of benzene rings is 2. The van der Waals surface area contributed by atoms with Crippen LogP contribution in [0.5, 0.6) is 0 Å². The van der Waals surface area contributed by atoms with Gasteiger partial charge in [-0.3, -0.25) is 0 Å². The minimum atomic E-state index is -0.434. The number of nitrogens with one attached hydrogen (secondary N) is 1. The van der Waals surface area contributed by atoms with E-state index in [0.717, 1.165) is 0 Å². The van der Waals surface area contributed by atoms with Crippen molar-refractivity contribution in [1.29, 1.82) is 0 Å². The Morgan fingerprint density at radius 1 is 1.00 bits per heavy atom. The van der Waals surface area contributed by atoms with Gasteiger partial charge in [0.2, 0.25) is 0 Å². The van der Waals surface area contributed by atoms with E-state index in [4.69, 9.17) is 10.5 Å². The van der Waals surface area contributed by atoms with E-state index in [1.807, 2.05) is 24.3 Å². The molecule has 0 saturated carbocycles. The molecule has 1 heterocycles. The van der Waals surface area contributed by atoms with E-state index < -0.39 is 6.09 Å². The van der Waals surface area contributed by atoms with Crippen LogP contribution in [0.3, 0.4) is 0 Å². The first kappa shape index (κ1) is 18.6. The summed E-state index contributed by atoms with van der Waals surface area (Å²) < 4.78 is 5.49. The average molecular weight is 383 g/mol. The van der Waals surface area contributed by atoms with Crippen molar-refractivity contribution in [3.63, 3.8) is 0 Å². The number of fused-ring (bicyclic) bond motifs is 3. The topological polar surface area (TPSA) is 77.2 Å². The van der Waals surface area contributed by atoms with E-state index in [1.54, 1.807) is 18.2 Å². The summed E-state index contributed by atoms with van der Waals surface area (Å²) in [5.74, 6) is 6.39. The fraction of sp³-hybridized carbons (Fsp3) is 0.167.